The molecule has 1 saturated carbocycles. The molecule has 1 N–H and O–H groups in total. The number of benzene rings is 1. The molecule has 1 aromatic heterocycles. The van der Waals surface area contributed by atoms with E-state index in [-0.39, 0.29) is 11.8 Å². The van der Waals surface area contributed by atoms with Gasteiger partial charge in [-0.25, -0.2) is 4.98 Å². The average Bonchev–Trinajstić information content (AvgIpc) is 3.03. The number of amides is 1. The third-order valence-corrected chi connectivity index (χ3v) is 6.45. The van der Waals surface area contributed by atoms with Crippen LogP contribution in [0.25, 0.3) is 11.3 Å². The smallest absolute Gasteiger partial charge is 0.229 e. The SMILES string of the molecule is O=C(Nc1nc(-c2ccccc2Cl)cs1)C1CC(C2CCOCC2)C1. The van der Waals surface area contributed by atoms with Gasteiger partial charge >= 0.3 is 0 Å². The van der Waals surface area contributed by atoms with E-state index in [9.17, 15) is 4.79 Å². The molecular formula is C19H21ClN2O2S. The lowest BCUT2D eigenvalue weighted by Gasteiger charge is -2.41. The Kier molecular flexibility index (Phi) is 5.06. The van der Waals surface area contributed by atoms with Crippen molar-refractivity contribution < 1.29 is 9.53 Å². The third-order valence-electron chi connectivity index (χ3n) is 5.36. The van der Waals surface area contributed by atoms with E-state index in [4.69, 9.17) is 16.3 Å². The van der Waals surface area contributed by atoms with Crippen LogP contribution in [0.5, 0.6) is 0 Å². The number of hydrogen-bond donors (Lipinski definition) is 1. The molecule has 4 nitrogen and oxygen atoms in total. The lowest BCUT2D eigenvalue weighted by molar-refractivity contribution is -0.125. The molecule has 132 valence electrons. The molecule has 2 aliphatic rings. The second-order valence-corrected chi connectivity index (χ2v) is 8.15. The van der Waals surface area contributed by atoms with Gasteiger partial charge in [0.2, 0.25) is 5.91 Å². The van der Waals surface area contributed by atoms with E-state index < -0.39 is 0 Å². The molecule has 1 saturated heterocycles. The Bertz CT molecular complexity index is 751. The summed E-state index contributed by atoms with van der Waals surface area (Å²) in [5.41, 5.74) is 1.70. The van der Waals surface area contributed by atoms with E-state index in [0.717, 1.165) is 56.1 Å². The number of nitrogens with zero attached hydrogens (tertiary/aromatic N) is 1. The fourth-order valence-electron chi connectivity index (χ4n) is 3.78. The molecule has 1 aromatic carbocycles. The van der Waals surface area contributed by atoms with Crippen molar-refractivity contribution in [3.05, 3.63) is 34.7 Å². The van der Waals surface area contributed by atoms with Crippen LogP contribution in [-0.2, 0) is 9.53 Å². The van der Waals surface area contributed by atoms with Crippen molar-refractivity contribution >= 4 is 34.0 Å². The predicted molar refractivity (Wildman–Crippen MR) is 101 cm³/mol. The molecule has 0 spiro atoms. The van der Waals surface area contributed by atoms with Crippen LogP contribution in [0.15, 0.2) is 29.6 Å². The van der Waals surface area contributed by atoms with E-state index in [1.807, 2.05) is 29.6 Å². The van der Waals surface area contributed by atoms with Crippen molar-refractivity contribution in [1.82, 2.24) is 4.98 Å². The number of aromatic nitrogens is 1. The first-order valence-electron chi connectivity index (χ1n) is 8.80. The molecule has 1 aliphatic heterocycles. The van der Waals surface area contributed by atoms with Crippen molar-refractivity contribution in [2.75, 3.05) is 18.5 Å². The van der Waals surface area contributed by atoms with Gasteiger partial charge in [-0.2, -0.15) is 0 Å². The summed E-state index contributed by atoms with van der Waals surface area (Å²) in [7, 11) is 0. The summed E-state index contributed by atoms with van der Waals surface area (Å²) in [5, 5.41) is 6.23. The molecule has 2 fully saturated rings. The van der Waals surface area contributed by atoms with Crippen LogP contribution in [0, 0.1) is 17.8 Å². The fraction of sp³-hybridized carbons (Fsp3) is 0.474. The molecular weight excluding hydrogens is 356 g/mol. The van der Waals surface area contributed by atoms with E-state index in [1.54, 1.807) is 0 Å². The highest BCUT2D eigenvalue weighted by Crippen LogP contribution is 2.43. The number of thiazole rings is 1. The Morgan fingerprint density at radius 1 is 1.20 bits per heavy atom. The lowest BCUT2D eigenvalue weighted by Crippen LogP contribution is -2.39. The first kappa shape index (κ1) is 17.0. The average molecular weight is 377 g/mol. The van der Waals surface area contributed by atoms with Crippen LogP contribution >= 0.6 is 22.9 Å². The second kappa shape index (κ2) is 7.44. The van der Waals surface area contributed by atoms with Crippen molar-refractivity contribution in [2.45, 2.75) is 25.7 Å². The maximum Gasteiger partial charge on any atom is 0.229 e. The first-order valence-corrected chi connectivity index (χ1v) is 10.1. The molecule has 0 unspecified atom stereocenters. The van der Waals surface area contributed by atoms with Crippen LogP contribution in [0.2, 0.25) is 5.02 Å². The standard InChI is InChI=1S/C19H21ClN2O2S/c20-16-4-2-1-3-15(16)17-11-25-19(21-17)22-18(23)14-9-13(10-14)12-5-7-24-8-6-12/h1-4,11-14H,5-10H2,(H,21,22,23). The predicted octanol–water partition coefficient (Wildman–Crippen LogP) is 4.85. The highest BCUT2D eigenvalue weighted by atomic mass is 35.5. The Hall–Kier alpha value is -1.43. The summed E-state index contributed by atoms with van der Waals surface area (Å²) in [4.78, 5) is 17.0. The highest BCUT2D eigenvalue weighted by molar-refractivity contribution is 7.14. The third kappa shape index (κ3) is 3.73. The molecule has 2 heterocycles. The highest BCUT2D eigenvalue weighted by Gasteiger charge is 2.39. The number of halogens is 1. The number of ether oxygens (including phenoxy) is 1. The minimum atomic E-state index is 0.100. The summed E-state index contributed by atoms with van der Waals surface area (Å²) < 4.78 is 5.42. The van der Waals surface area contributed by atoms with Crippen LogP contribution in [0.1, 0.15) is 25.7 Å². The zero-order chi connectivity index (χ0) is 17.2. The fourth-order valence-corrected chi connectivity index (χ4v) is 4.73. The van der Waals surface area contributed by atoms with Crippen LogP contribution in [0.3, 0.4) is 0 Å². The van der Waals surface area contributed by atoms with Gasteiger partial charge in [-0.05, 0) is 43.6 Å². The van der Waals surface area contributed by atoms with E-state index >= 15 is 0 Å². The Morgan fingerprint density at radius 3 is 2.72 bits per heavy atom. The van der Waals surface area contributed by atoms with Crippen LogP contribution < -0.4 is 5.32 Å². The van der Waals surface area contributed by atoms with Crippen molar-refractivity contribution in [2.24, 2.45) is 17.8 Å². The molecule has 4 rings (SSSR count). The number of carbonyl (C=O) groups excluding carboxylic acids is 1. The summed E-state index contributed by atoms with van der Waals surface area (Å²) >= 11 is 7.66. The summed E-state index contributed by atoms with van der Waals surface area (Å²) in [6, 6.07) is 7.61. The lowest BCUT2D eigenvalue weighted by atomic mass is 9.66. The van der Waals surface area contributed by atoms with Crippen molar-refractivity contribution in [3.8, 4) is 11.3 Å². The Labute approximate surface area is 156 Å². The molecule has 2 aromatic rings. The molecule has 0 bridgehead atoms. The van der Waals surface area contributed by atoms with Gasteiger partial charge in [0.1, 0.15) is 0 Å². The van der Waals surface area contributed by atoms with E-state index in [0.29, 0.717) is 16.1 Å². The van der Waals surface area contributed by atoms with Gasteiger partial charge in [-0.1, -0.05) is 29.8 Å². The van der Waals surface area contributed by atoms with Crippen molar-refractivity contribution in [3.63, 3.8) is 0 Å². The molecule has 0 atom stereocenters. The van der Waals surface area contributed by atoms with Crippen LogP contribution in [-0.4, -0.2) is 24.1 Å². The second-order valence-electron chi connectivity index (χ2n) is 6.89. The van der Waals surface area contributed by atoms with Crippen LogP contribution in [0.4, 0.5) is 5.13 Å². The molecule has 1 amide bonds. The summed E-state index contributed by atoms with van der Waals surface area (Å²) in [6.07, 6.45) is 4.29. The number of nitrogens with one attached hydrogen (secondary N) is 1. The maximum absolute atomic E-state index is 12.4. The zero-order valence-corrected chi connectivity index (χ0v) is 15.5. The topological polar surface area (TPSA) is 51.2 Å². The van der Waals surface area contributed by atoms with Crippen molar-refractivity contribution in [1.29, 1.82) is 0 Å². The van der Waals surface area contributed by atoms with Gasteiger partial charge in [-0.3, -0.25) is 4.79 Å². The van der Waals surface area contributed by atoms with Gasteiger partial charge in [0, 0.05) is 35.1 Å². The van der Waals surface area contributed by atoms with E-state index in [2.05, 4.69) is 10.3 Å². The minimum absolute atomic E-state index is 0.100. The number of carbonyl (C=O) groups is 1. The van der Waals surface area contributed by atoms with E-state index in [1.165, 1.54) is 11.3 Å². The molecule has 1 aliphatic carbocycles. The maximum atomic E-state index is 12.4. The molecule has 25 heavy (non-hydrogen) atoms. The monoisotopic (exact) mass is 376 g/mol. The summed E-state index contributed by atoms with van der Waals surface area (Å²) in [6.45, 7) is 1.75. The summed E-state index contributed by atoms with van der Waals surface area (Å²) in [5.74, 6) is 1.66. The Morgan fingerprint density at radius 2 is 1.96 bits per heavy atom. The molecule has 6 heteroatoms. The normalized spacial score (nSPS) is 23.9. The van der Waals surface area contributed by atoms with Gasteiger partial charge in [-0.15, -0.1) is 11.3 Å². The largest absolute Gasteiger partial charge is 0.381 e. The number of anilines is 1. The number of hydrogen-bond acceptors (Lipinski definition) is 4. The minimum Gasteiger partial charge on any atom is -0.381 e. The van der Waals surface area contributed by atoms with Gasteiger partial charge in [0.05, 0.1) is 5.69 Å². The number of rotatable bonds is 4. The quantitative estimate of drug-likeness (QED) is 0.829. The first-order chi connectivity index (χ1) is 12.2. The Balaban J connectivity index is 1.33. The van der Waals surface area contributed by atoms with Gasteiger partial charge < -0.3 is 10.1 Å². The van der Waals surface area contributed by atoms with Gasteiger partial charge in [0.25, 0.3) is 0 Å². The zero-order valence-electron chi connectivity index (χ0n) is 13.9. The molecule has 0 radical (unpaired) electrons. The van der Waals surface area contributed by atoms with Gasteiger partial charge in [0.15, 0.2) is 5.13 Å².